The number of hydrogen-bond donors (Lipinski definition) is 2. The molecule has 0 atom stereocenters. The minimum absolute atomic E-state index is 0.0530. The quantitative estimate of drug-likeness (QED) is 0.210. The number of benzene rings is 2. The van der Waals surface area contributed by atoms with Crippen molar-refractivity contribution in [2.75, 3.05) is 56.1 Å². The van der Waals surface area contributed by atoms with E-state index < -0.39 is 16.1 Å². The number of nitrogens with one attached hydrogen (secondary N) is 2. The molecule has 2 aromatic carbocycles. The van der Waals surface area contributed by atoms with Crippen molar-refractivity contribution in [2.45, 2.75) is 49.0 Å². The lowest BCUT2D eigenvalue weighted by Crippen LogP contribution is -2.49. The third-order valence-electron chi connectivity index (χ3n) is 11.2. The first-order valence-electron chi connectivity index (χ1n) is 19.1. The Bertz CT molecular complexity index is 2590. The first-order valence-corrected chi connectivity index (χ1v) is 20.5. The van der Waals surface area contributed by atoms with Gasteiger partial charge in [0, 0.05) is 81.8 Å². The Balaban J connectivity index is 0.841. The average Bonchev–Trinajstić information content (AvgIpc) is 3.54. The molecule has 6 heterocycles. The fourth-order valence-electron chi connectivity index (χ4n) is 7.91. The van der Waals surface area contributed by atoms with Crippen LogP contribution < -0.4 is 25.8 Å². The molecule has 5 aromatic rings. The maximum absolute atomic E-state index is 13.7. The number of rotatable bonds is 10. The average molecular weight is 794 g/mol. The van der Waals surface area contributed by atoms with Crippen LogP contribution in [0, 0.1) is 11.3 Å². The molecule has 0 bridgehead atoms. The smallest absolute Gasteiger partial charge is 0.329 e. The fraction of sp³-hybridized carbons (Fsp3) is 0.410. The summed E-state index contributed by atoms with van der Waals surface area (Å²) >= 11 is 0. The van der Waals surface area contributed by atoms with E-state index in [0.29, 0.717) is 55.9 Å². The Labute approximate surface area is 328 Å². The van der Waals surface area contributed by atoms with Crippen molar-refractivity contribution in [3.05, 3.63) is 76.2 Å². The van der Waals surface area contributed by atoms with Crippen LogP contribution in [0.1, 0.15) is 49.1 Å². The largest absolute Gasteiger partial charge is 0.491 e. The van der Waals surface area contributed by atoms with Crippen LogP contribution in [0.2, 0.25) is 0 Å². The highest BCUT2D eigenvalue weighted by atomic mass is 32.2. The normalized spacial score (nSPS) is 17.9. The van der Waals surface area contributed by atoms with Gasteiger partial charge in [-0.1, -0.05) is 6.07 Å². The molecule has 3 amide bonds. The maximum Gasteiger partial charge on any atom is 0.329 e. The zero-order chi connectivity index (χ0) is 39.8. The minimum atomic E-state index is -3.85. The Morgan fingerprint density at radius 2 is 1.75 bits per heavy atom. The van der Waals surface area contributed by atoms with Gasteiger partial charge in [-0.15, -0.1) is 0 Å². The summed E-state index contributed by atoms with van der Waals surface area (Å²) < 4.78 is 38.2. The van der Waals surface area contributed by atoms with Crippen molar-refractivity contribution < 1.29 is 22.7 Å². The number of urea groups is 1. The van der Waals surface area contributed by atoms with Crippen LogP contribution >= 0.6 is 0 Å². The van der Waals surface area contributed by atoms with Gasteiger partial charge in [0.2, 0.25) is 21.9 Å². The number of aromatic nitrogens is 5. The summed E-state index contributed by atoms with van der Waals surface area (Å²) in [6.45, 7) is 3.48. The zero-order valence-corrected chi connectivity index (χ0v) is 32.5. The Kier molecular flexibility index (Phi) is 10.4. The lowest BCUT2D eigenvalue weighted by molar-refractivity contribution is -0.120. The number of pyridine rings is 1. The predicted molar refractivity (Wildman–Crippen MR) is 211 cm³/mol. The van der Waals surface area contributed by atoms with Crippen molar-refractivity contribution in [1.29, 1.82) is 5.26 Å². The van der Waals surface area contributed by atoms with E-state index in [9.17, 15) is 28.1 Å². The molecule has 3 fully saturated rings. The van der Waals surface area contributed by atoms with E-state index in [1.807, 2.05) is 13.1 Å². The first kappa shape index (κ1) is 38.0. The number of hydrogen-bond acceptors (Lipinski definition) is 12. The van der Waals surface area contributed by atoms with Crippen LogP contribution in [-0.2, 0) is 28.9 Å². The van der Waals surface area contributed by atoms with Gasteiger partial charge in [0.25, 0.3) is 5.56 Å². The van der Waals surface area contributed by atoms with Crippen molar-refractivity contribution in [3.63, 3.8) is 0 Å². The number of anilines is 2. The number of imide groups is 1. The molecular formula is C39H43N11O6S. The Hall–Kier alpha value is -5.90. The number of carbonyl (C=O) groups excluding carboxylic acids is 2. The fourth-order valence-corrected chi connectivity index (χ4v) is 9.40. The number of ether oxygens (including phenoxy) is 1. The number of nitrogens with zero attached hydrogens (tertiary/aromatic N) is 9. The van der Waals surface area contributed by atoms with E-state index in [0.717, 1.165) is 42.2 Å². The standard InChI is InChI=1S/C39H43N11O6S/c1-46-35(52)8-5-28-24-41-38(44-36(28)46)42-29-11-16-49(17-12-29)57(54,55)30-6-3-27(23-40)33(22-30)56-20-19-48-14-9-25(10-15-48)26-4-7-31-32(21-26)47(2)45-37(31)50-18-13-34(51)43-39(50)53/h3-8,21-22,24-25,29H,9-20H2,1-2H3,(H,41,42,44)(H,43,51,53). The van der Waals surface area contributed by atoms with Gasteiger partial charge in [0.15, 0.2) is 5.82 Å². The summed E-state index contributed by atoms with van der Waals surface area (Å²) in [7, 11) is -0.339. The number of carbonyl (C=O) groups is 2. The molecule has 3 aromatic heterocycles. The maximum atomic E-state index is 13.7. The Morgan fingerprint density at radius 3 is 2.51 bits per heavy atom. The molecule has 296 valence electrons. The lowest BCUT2D eigenvalue weighted by Gasteiger charge is -2.32. The van der Waals surface area contributed by atoms with Crippen LogP contribution in [0.5, 0.6) is 5.75 Å². The van der Waals surface area contributed by atoms with Gasteiger partial charge in [0.05, 0.1) is 16.0 Å². The molecule has 3 aliphatic rings. The molecule has 17 nitrogen and oxygen atoms in total. The second-order valence-corrected chi connectivity index (χ2v) is 16.7. The molecule has 3 aliphatic heterocycles. The van der Waals surface area contributed by atoms with E-state index in [4.69, 9.17) is 4.74 Å². The van der Waals surface area contributed by atoms with Gasteiger partial charge >= 0.3 is 6.03 Å². The molecule has 0 saturated carbocycles. The third-order valence-corrected chi connectivity index (χ3v) is 13.1. The summed E-state index contributed by atoms with van der Waals surface area (Å²) in [4.78, 5) is 49.0. The summed E-state index contributed by atoms with van der Waals surface area (Å²) in [5.74, 6) is 1.23. The number of aryl methyl sites for hydroxylation is 2. The van der Waals surface area contributed by atoms with E-state index in [1.54, 1.807) is 24.0 Å². The number of likely N-dealkylation sites (tertiary alicyclic amines) is 1. The van der Waals surface area contributed by atoms with Crippen LogP contribution in [0.25, 0.3) is 21.9 Å². The molecule has 8 rings (SSSR count). The van der Waals surface area contributed by atoms with Crippen LogP contribution in [0.3, 0.4) is 0 Å². The summed E-state index contributed by atoms with van der Waals surface area (Å²) in [6.07, 6.45) is 4.83. The summed E-state index contributed by atoms with van der Waals surface area (Å²) in [6, 6.07) is 15.4. The molecule has 18 heteroatoms. The van der Waals surface area contributed by atoms with Gasteiger partial charge in [-0.05, 0) is 80.6 Å². The summed E-state index contributed by atoms with van der Waals surface area (Å²) in [5, 5.41) is 21.7. The van der Waals surface area contributed by atoms with Gasteiger partial charge in [-0.3, -0.25) is 34.0 Å². The van der Waals surface area contributed by atoms with Crippen LogP contribution in [-0.4, -0.2) is 106 Å². The highest BCUT2D eigenvalue weighted by molar-refractivity contribution is 7.89. The molecule has 57 heavy (non-hydrogen) atoms. The van der Waals surface area contributed by atoms with E-state index >= 15 is 0 Å². The van der Waals surface area contributed by atoms with Gasteiger partial charge in [-0.2, -0.15) is 19.6 Å². The molecular weight excluding hydrogens is 751 g/mol. The van der Waals surface area contributed by atoms with Crippen molar-refractivity contribution in [2.24, 2.45) is 14.1 Å². The van der Waals surface area contributed by atoms with Crippen molar-refractivity contribution in [3.8, 4) is 11.8 Å². The Morgan fingerprint density at radius 1 is 0.965 bits per heavy atom. The lowest BCUT2D eigenvalue weighted by atomic mass is 9.89. The number of piperidine rings is 2. The summed E-state index contributed by atoms with van der Waals surface area (Å²) in [5.41, 5.74) is 2.75. The number of fused-ring (bicyclic) bond motifs is 2. The molecule has 3 saturated heterocycles. The monoisotopic (exact) mass is 793 g/mol. The van der Waals surface area contributed by atoms with E-state index in [-0.39, 0.29) is 53.2 Å². The van der Waals surface area contributed by atoms with Gasteiger partial charge in [0.1, 0.15) is 24.1 Å². The highest BCUT2D eigenvalue weighted by Crippen LogP contribution is 2.34. The first-order chi connectivity index (χ1) is 27.5. The topological polar surface area (TPSA) is 201 Å². The van der Waals surface area contributed by atoms with Crippen LogP contribution in [0.15, 0.2) is 64.4 Å². The second kappa shape index (κ2) is 15.6. The predicted octanol–water partition coefficient (Wildman–Crippen LogP) is 3.06. The zero-order valence-electron chi connectivity index (χ0n) is 31.7. The number of sulfonamides is 1. The van der Waals surface area contributed by atoms with Crippen molar-refractivity contribution >= 4 is 55.7 Å². The van der Waals surface area contributed by atoms with Gasteiger partial charge < -0.3 is 10.1 Å². The molecule has 0 spiro atoms. The highest BCUT2D eigenvalue weighted by Gasteiger charge is 2.31. The third kappa shape index (κ3) is 7.65. The number of amides is 3. The van der Waals surface area contributed by atoms with E-state index in [1.165, 1.54) is 43.6 Å². The number of nitriles is 1. The molecule has 0 aliphatic carbocycles. The van der Waals surface area contributed by atoms with Crippen molar-refractivity contribution in [1.82, 2.24) is 38.8 Å². The molecule has 0 radical (unpaired) electrons. The SMILES string of the molecule is Cn1nc(N2CCC(=O)NC2=O)c2ccc(C3CCN(CCOc4cc(S(=O)(=O)N5CCC(Nc6ncc7ccc(=O)n(C)c7n6)CC5)ccc4C#N)CC3)cc21. The van der Waals surface area contributed by atoms with Gasteiger partial charge in [-0.25, -0.2) is 18.2 Å². The van der Waals surface area contributed by atoms with E-state index in [2.05, 4.69) is 48.8 Å². The second-order valence-electron chi connectivity index (χ2n) is 14.7. The molecule has 0 unspecified atom stereocenters. The van der Waals surface area contributed by atoms with Crippen LogP contribution in [0.4, 0.5) is 16.6 Å². The molecule has 2 N–H and O–H groups in total. The minimum Gasteiger partial charge on any atom is -0.491 e.